The second-order valence-corrected chi connectivity index (χ2v) is 8.93. The fourth-order valence-corrected chi connectivity index (χ4v) is 3.67. The summed E-state index contributed by atoms with van der Waals surface area (Å²) in [5.41, 5.74) is -1.34. The van der Waals surface area contributed by atoms with Crippen LogP contribution in [0.2, 0.25) is 0 Å². The van der Waals surface area contributed by atoms with Crippen molar-refractivity contribution in [2.45, 2.75) is 45.9 Å². The minimum Gasteiger partial charge on any atom is -0.483 e. The van der Waals surface area contributed by atoms with E-state index in [9.17, 15) is 27.6 Å². The Labute approximate surface area is 230 Å². The largest absolute Gasteiger partial charge is 0.483 e. The fourth-order valence-electron chi connectivity index (χ4n) is 3.67. The van der Waals surface area contributed by atoms with E-state index in [2.05, 4.69) is 17.2 Å². The molecule has 0 saturated heterocycles. The van der Waals surface area contributed by atoms with Gasteiger partial charge in [0, 0.05) is 42.7 Å². The number of rotatable bonds is 12. The topological polar surface area (TPSA) is 89.4 Å². The number of hydrogen-bond donors (Lipinski definition) is 2. The van der Waals surface area contributed by atoms with Crippen LogP contribution in [0.1, 0.15) is 58.7 Å². The highest BCUT2D eigenvalue weighted by molar-refractivity contribution is 5.99. The summed E-state index contributed by atoms with van der Waals surface area (Å²) < 4.78 is 48.6. The van der Waals surface area contributed by atoms with Gasteiger partial charge in [0.25, 0.3) is 11.8 Å². The summed E-state index contributed by atoms with van der Waals surface area (Å²) in [5, 5.41) is 5.00. The number of nitrogens with one attached hydrogen (secondary N) is 2. The molecule has 3 aromatic rings. The first-order valence-electron chi connectivity index (χ1n) is 12.6. The molecule has 0 radical (unpaired) electrons. The van der Waals surface area contributed by atoms with E-state index in [1.807, 2.05) is 13.0 Å². The average Bonchev–Trinajstić information content (AvgIpc) is 2.92. The molecule has 40 heavy (non-hydrogen) atoms. The Kier molecular flexibility index (Phi) is 10.5. The summed E-state index contributed by atoms with van der Waals surface area (Å²) in [7, 11) is 0. The zero-order valence-electron chi connectivity index (χ0n) is 22.2. The summed E-state index contributed by atoms with van der Waals surface area (Å²) in [6, 6.07) is 9.43. The lowest BCUT2D eigenvalue weighted by Crippen LogP contribution is -2.36. The number of ether oxygens (including phenoxy) is 1. The quantitative estimate of drug-likeness (QED) is 0.296. The summed E-state index contributed by atoms with van der Waals surface area (Å²) in [4.78, 5) is 40.0. The van der Waals surface area contributed by atoms with E-state index in [-0.39, 0.29) is 18.1 Å². The normalized spacial score (nSPS) is 11.7. The molecule has 0 saturated carbocycles. The maximum atomic E-state index is 14.1. The number of unbranched alkanes of at least 4 members (excludes halogenated alkanes) is 1. The molecule has 10 heteroatoms. The molecule has 7 nitrogen and oxygen atoms in total. The Hall–Kier alpha value is -4.60. The SMILES string of the molecule is C=C[C@H](C)NC(=O)c1c(OCc2ccccc2)c(=O)c(C(=O)NCc2c(F)cc(F)cc2F)cn1C=CCCC. The summed E-state index contributed by atoms with van der Waals surface area (Å²) in [6.45, 7) is 6.57. The van der Waals surface area contributed by atoms with E-state index >= 15 is 0 Å². The van der Waals surface area contributed by atoms with E-state index in [1.54, 1.807) is 37.3 Å². The minimum atomic E-state index is -1.19. The van der Waals surface area contributed by atoms with Crippen LogP contribution in [0.3, 0.4) is 0 Å². The maximum absolute atomic E-state index is 14.1. The van der Waals surface area contributed by atoms with Gasteiger partial charge in [0.1, 0.15) is 29.6 Å². The molecule has 0 aliphatic rings. The molecule has 0 bridgehead atoms. The Morgan fingerprint density at radius 1 is 1.10 bits per heavy atom. The highest BCUT2D eigenvalue weighted by Gasteiger charge is 2.26. The number of pyridine rings is 1. The van der Waals surface area contributed by atoms with Crippen LogP contribution in [-0.4, -0.2) is 22.4 Å². The van der Waals surface area contributed by atoms with Crippen molar-refractivity contribution in [3.63, 3.8) is 0 Å². The molecule has 2 aromatic carbocycles. The van der Waals surface area contributed by atoms with Crippen molar-refractivity contribution in [1.29, 1.82) is 0 Å². The summed E-state index contributed by atoms with van der Waals surface area (Å²) in [6.07, 6.45) is 7.38. The monoisotopic (exact) mass is 553 g/mol. The summed E-state index contributed by atoms with van der Waals surface area (Å²) in [5.74, 6) is -5.48. The van der Waals surface area contributed by atoms with Gasteiger partial charge in [-0.1, -0.05) is 55.8 Å². The average molecular weight is 554 g/mol. The molecule has 2 amide bonds. The summed E-state index contributed by atoms with van der Waals surface area (Å²) >= 11 is 0. The second kappa shape index (κ2) is 14.0. The van der Waals surface area contributed by atoms with Gasteiger partial charge in [-0.3, -0.25) is 14.4 Å². The van der Waals surface area contributed by atoms with Gasteiger partial charge in [-0.05, 0) is 18.9 Å². The van der Waals surface area contributed by atoms with E-state index in [1.165, 1.54) is 16.8 Å². The fraction of sp³-hybridized carbons (Fsp3) is 0.233. The lowest BCUT2D eigenvalue weighted by molar-refractivity contribution is 0.0923. The molecule has 0 spiro atoms. The Morgan fingerprint density at radius 3 is 2.40 bits per heavy atom. The lowest BCUT2D eigenvalue weighted by Gasteiger charge is -2.18. The van der Waals surface area contributed by atoms with Crippen molar-refractivity contribution in [2.75, 3.05) is 0 Å². The predicted molar refractivity (Wildman–Crippen MR) is 146 cm³/mol. The maximum Gasteiger partial charge on any atom is 0.272 e. The standard InChI is InChI=1S/C30H30F3N3O4/c1-4-6-10-13-36-17-23(29(38)34-16-22-24(32)14-21(31)15-25(22)33)27(37)28(26(36)30(39)35-19(3)5-2)40-18-20-11-8-7-9-12-20/h5,7-15,17,19H,2,4,6,16,18H2,1,3H3,(H,34,38)(H,35,39)/t19-/m0/s1. The Balaban J connectivity index is 2.09. The molecular weight excluding hydrogens is 523 g/mol. The van der Waals surface area contributed by atoms with Gasteiger partial charge in [-0.15, -0.1) is 6.58 Å². The van der Waals surface area contributed by atoms with Gasteiger partial charge < -0.3 is 19.9 Å². The third-order valence-electron chi connectivity index (χ3n) is 5.84. The molecule has 1 heterocycles. The number of allylic oxidation sites excluding steroid dienone is 1. The Bertz CT molecular complexity index is 1450. The number of halogens is 3. The zero-order chi connectivity index (χ0) is 29.2. The van der Waals surface area contributed by atoms with Crippen molar-refractivity contribution in [2.24, 2.45) is 0 Å². The molecule has 0 aliphatic carbocycles. The van der Waals surface area contributed by atoms with E-state index in [4.69, 9.17) is 4.74 Å². The van der Waals surface area contributed by atoms with Crippen LogP contribution < -0.4 is 20.8 Å². The van der Waals surface area contributed by atoms with Crippen molar-refractivity contribution < 1.29 is 27.5 Å². The van der Waals surface area contributed by atoms with Crippen LogP contribution in [0.4, 0.5) is 13.2 Å². The number of hydrogen-bond acceptors (Lipinski definition) is 4. The molecule has 0 unspecified atom stereocenters. The molecule has 1 aromatic heterocycles. The van der Waals surface area contributed by atoms with E-state index in [0.717, 1.165) is 12.6 Å². The van der Waals surface area contributed by atoms with Crippen LogP contribution >= 0.6 is 0 Å². The van der Waals surface area contributed by atoms with Crippen molar-refractivity contribution in [3.05, 3.63) is 117 Å². The van der Waals surface area contributed by atoms with Crippen molar-refractivity contribution in [1.82, 2.24) is 15.2 Å². The zero-order valence-corrected chi connectivity index (χ0v) is 22.2. The van der Waals surface area contributed by atoms with Gasteiger partial charge in [-0.2, -0.15) is 0 Å². The number of amides is 2. The predicted octanol–water partition coefficient (Wildman–Crippen LogP) is 5.35. The number of benzene rings is 2. The first-order chi connectivity index (χ1) is 19.2. The van der Waals surface area contributed by atoms with Gasteiger partial charge in [-0.25, -0.2) is 13.2 Å². The van der Waals surface area contributed by atoms with Crippen LogP contribution in [0, 0.1) is 17.5 Å². The highest BCUT2D eigenvalue weighted by atomic mass is 19.1. The van der Waals surface area contributed by atoms with Crippen molar-refractivity contribution >= 4 is 18.0 Å². The van der Waals surface area contributed by atoms with Crippen LogP contribution in [0.5, 0.6) is 5.75 Å². The van der Waals surface area contributed by atoms with Gasteiger partial charge >= 0.3 is 0 Å². The van der Waals surface area contributed by atoms with Crippen molar-refractivity contribution in [3.8, 4) is 5.75 Å². The van der Waals surface area contributed by atoms with Crippen LogP contribution in [0.25, 0.3) is 6.20 Å². The van der Waals surface area contributed by atoms with Gasteiger partial charge in [0.05, 0.1) is 0 Å². The molecule has 3 rings (SSSR count). The lowest BCUT2D eigenvalue weighted by atomic mass is 10.1. The smallest absolute Gasteiger partial charge is 0.272 e. The molecular formula is C30H30F3N3O4. The first-order valence-corrected chi connectivity index (χ1v) is 12.6. The highest BCUT2D eigenvalue weighted by Crippen LogP contribution is 2.20. The first kappa shape index (κ1) is 29.9. The molecule has 0 fully saturated rings. The number of carbonyl (C=O) groups excluding carboxylic acids is 2. The second-order valence-electron chi connectivity index (χ2n) is 8.93. The van der Waals surface area contributed by atoms with Crippen LogP contribution in [0.15, 0.2) is 72.2 Å². The molecule has 0 aliphatic heterocycles. The molecule has 210 valence electrons. The van der Waals surface area contributed by atoms with Gasteiger partial charge in [0.2, 0.25) is 5.43 Å². The minimum absolute atomic E-state index is 0.0802. The number of carbonyl (C=O) groups is 2. The molecule has 1 atom stereocenters. The van der Waals surface area contributed by atoms with E-state index < -0.39 is 58.4 Å². The number of nitrogens with zero attached hydrogens (tertiary/aromatic N) is 1. The molecule has 2 N–H and O–H groups in total. The number of aromatic nitrogens is 1. The Morgan fingerprint density at radius 2 is 1.77 bits per heavy atom. The van der Waals surface area contributed by atoms with E-state index in [0.29, 0.717) is 24.1 Å². The third-order valence-corrected chi connectivity index (χ3v) is 5.84. The van der Waals surface area contributed by atoms with Gasteiger partial charge in [0.15, 0.2) is 11.4 Å². The third kappa shape index (κ3) is 7.49. The van der Waals surface area contributed by atoms with Crippen LogP contribution in [-0.2, 0) is 13.2 Å².